The molecule has 0 spiro atoms. The lowest BCUT2D eigenvalue weighted by Crippen LogP contribution is -2.50. The molecule has 0 unspecified atom stereocenters. The summed E-state index contributed by atoms with van der Waals surface area (Å²) in [6, 6.07) is 27.6. The van der Waals surface area contributed by atoms with Gasteiger partial charge in [0.1, 0.15) is 0 Å². The van der Waals surface area contributed by atoms with Crippen LogP contribution >= 0.6 is 0 Å². The second kappa shape index (κ2) is 10.5. The van der Waals surface area contributed by atoms with Gasteiger partial charge in [-0.05, 0) is 48.4 Å². The normalized spacial score (nSPS) is 14.3. The van der Waals surface area contributed by atoms with E-state index in [4.69, 9.17) is 10.1 Å². The van der Waals surface area contributed by atoms with Crippen LogP contribution in [-0.2, 0) is 6.42 Å². The highest BCUT2D eigenvalue weighted by Crippen LogP contribution is 2.17. The number of aromatic carboxylic acids is 1. The third kappa shape index (κ3) is 5.66. The number of carboxylic acid groups (broad SMARTS) is 1. The van der Waals surface area contributed by atoms with Crippen molar-refractivity contribution in [1.82, 2.24) is 4.90 Å². The number of aliphatic imine (C=N–C) groups is 1. The van der Waals surface area contributed by atoms with E-state index in [1.165, 1.54) is 11.3 Å². The molecule has 3 aromatic rings. The van der Waals surface area contributed by atoms with E-state index in [2.05, 4.69) is 51.5 Å². The van der Waals surface area contributed by atoms with Crippen LogP contribution < -0.4 is 10.2 Å². The molecule has 4 rings (SSSR count). The Labute approximate surface area is 188 Å². The molecule has 32 heavy (non-hydrogen) atoms. The molecule has 1 aliphatic rings. The van der Waals surface area contributed by atoms with Gasteiger partial charge in [-0.1, -0.05) is 48.5 Å². The van der Waals surface area contributed by atoms with Crippen LogP contribution in [0.15, 0.2) is 89.9 Å². The number of hydrogen-bond acceptors (Lipinski definition) is 3. The van der Waals surface area contributed by atoms with Gasteiger partial charge >= 0.3 is 5.97 Å². The summed E-state index contributed by atoms with van der Waals surface area (Å²) in [5, 5.41) is 12.6. The second-order valence-electron chi connectivity index (χ2n) is 7.76. The zero-order valence-corrected chi connectivity index (χ0v) is 18.0. The maximum Gasteiger partial charge on any atom is 0.335 e. The quantitative estimate of drug-likeness (QED) is 0.455. The van der Waals surface area contributed by atoms with Crippen LogP contribution in [0, 0.1) is 0 Å². The van der Waals surface area contributed by atoms with E-state index in [-0.39, 0.29) is 5.56 Å². The lowest BCUT2D eigenvalue weighted by molar-refractivity contribution is 0.0697. The number of para-hydroxylation sites is 1. The Morgan fingerprint density at radius 1 is 0.844 bits per heavy atom. The molecule has 0 aliphatic carbocycles. The first kappa shape index (κ1) is 21.4. The average Bonchev–Trinajstić information content (AvgIpc) is 2.85. The number of hydrogen-bond donors (Lipinski definition) is 2. The Bertz CT molecular complexity index is 1030. The van der Waals surface area contributed by atoms with Crippen molar-refractivity contribution < 1.29 is 9.90 Å². The van der Waals surface area contributed by atoms with Gasteiger partial charge in [0.05, 0.1) is 5.56 Å². The van der Waals surface area contributed by atoms with E-state index >= 15 is 0 Å². The van der Waals surface area contributed by atoms with Gasteiger partial charge in [-0.2, -0.15) is 0 Å². The maximum absolute atomic E-state index is 11.1. The number of guanidine groups is 1. The molecule has 0 radical (unpaired) electrons. The Kier molecular flexibility index (Phi) is 7.02. The number of anilines is 2. The summed E-state index contributed by atoms with van der Waals surface area (Å²) in [6.45, 7) is 4.24. The molecule has 1 saturated heterocycles. The van der Waals surface area contributed by atoms with Crippen molar-refractivity contribution in [3.05, 3.63) is 96.1 Å². The zero-order chi connectivity index (χ0) is 22.2. The summed E-state index contributed by atoms with van der Waals surface area (Å²) in [5.74, 6) is -0.0953. The first-order chi connectivity index (χ1) is 15.7. The van der Waals surface area contributed by atoms with E-state index in [0.717, 1.165) is 44.2 Å². The standard InChI is InChI=1S/C26H28N4O2/c31-25(32)22-11-13-23(14-12-22)28-26(27-16-15-21-7-3-1-4-8-21)30-19-17-29(18-20-30)24-9-5-2-6-10-24/h1-14H,15-20H2,(H,27,28)(H,31,32). The molecule has 0 saturated carbocycles. The van der Waals surface area contributed by atoms with Crippen molar-refractivity contribution in [3.63, 3.8) is 0 Å². The van der Waals surface area contributed by atoms with Crippen LogP contribution in [0.2, 0.25) is 0 Å². The molecule has 1 aliphatic heterocycles. The van der Waals surface area contributed by atoms with E-state index in [1.807, 2.05) is 24.3 Å². The van der Waals surface area contributed by atoms with Crippen molar-refractivity contribution in [3.8, 4) is 0 Å². The summed E-state index contributed by atoms with van der Waals surface area (Å²) in [5.41, 5.74) is 3.61. The smallest absolute Gasteiger partial charge is 0.335 e. The van der Waals surface area contributed by atoms with Gasteiger partial charge in [-0.3, -0.25) is 4.99 Å². The van der Waals surface area contributed by atoms with Gasteiger partial charge in [0.2, 0.25) is 0 Å². The highest BCUT2D eigenvalue weighted by atomic mass is 16.4. The monoisotopic (exact) mass is 428 g/mol. The molecular formula is C26H28N4O2. The second-order valence-corrected chi connectivity index (χ2v) is 7.76. The van der Waals surface area contributed by atoms with Gasteiger partial charge < -0.3 is 20.2 Å². The Hall–Kier alpha value is -3.80. The highest BCUT2D eigenvalue weighted by molar-refractivity contribution is 5.95. The van der Waals surface area contributed by atoms with Crippen LogP contribution in [0.25, 0.3) is 0 Å². The first-order valence-corrected chi connectivity index (χ1v) is 10.9. The topological polar surface area (TPSA) is 68.2 Å². The maximum atomic E-state index is 11.1. The van der Waals surface area contributed by atoms with Crippen LogP contribution in [0.3, 0.4) is 0 Å². The lowest BCUT2D eigenvalue weighted by atomic mass is 10.2. The molecule has 6 nitrogen and oxygen atoms in total. The summed E-state index contributed by atoms with van der Waals surface area (Å²) < 4.78 is 0. The largest absolute Gasteiger partial charge is 0.478 e. The predicted molar refractivity (Wildman–Crippen MR) is 130 cm³/mol. The summed E-state index contributed by atoms with van der Waals surface area (Å²) in [4.78, 5) is 20.7. The van der Waals surface area contributed by atoms with Crippen LogP contribution in [0.1, 0.15) is 15.9 Å². The van der Waals surface area contributed by atoms with Crippen molar-refractivity contribution in [2.45, 2.75) is 6.42 Å². The number of benzene rings is 3. The fourth-order valence-electron chi connectivity index (χ4n) is 3.79. The van der Waals surface area contributed by atoms with E-state index in [9.17, 15) is 4.79 Å². The predicted octanol–water partition coefficient (Wildman–Crippen LogP) is 4.22. The molecule has 164 valence electrons. The molecular weight excluding hydrogens is 400 g/mol. The summed E-state index contributed by atoms with van der Waals surface area (Å²) >= 11 is 0. The zero-order valence-electron chi connectivity index (χ0n) is 18.0. The Balaban J connectivity index is 1.45. The number of rotatable bonds is 6. The van der Waals surface area contributed by atoms with Gasteiger partial charge in [0.25, 0.3) is 0 Å². The van der Waals surface area contributed by atoms with Crippen molar-refractivity contribution >= 4 is 23.3 Å². The molecule has 2 N–H and O–H groups in total. The van der Waals surface area contributed by atoms with Crippen molar-refractivity contribution in [1.29, 1.82) is 0 Å². The molecule has 1 fully saturated rings. The van der Waals surface area contributed by atoms with Gasteiger partial charge in [-0.15, -0.1) is 0 Å². The van der Waals surface area contributed by atoms with Crippen LogP contribution in [-0.4, -0.2) is 54.7 Å². The molecule has 0 bridgehead atoms. The van der Waals surface area contributed by atoms with E-state index in [1.54, 1.807) is 24.3 Å². The van der Waals surface area contributed by atoms with Gasteiger partial charge in [0, 0.05) is 44.1 Å². The summed E-state index contributed by atoms with van der Waals surface area (Å²) in [6.07, 6.45) is 0.869. The molecule has 6 heteroatoms. The van der Waals surface area contributed by atoms with E-state index < -0.39 is 5.97 Å². The Morgan fingerprint density at radius 2 is 1.47 bits per heavy atom. The van der Waals surface area contributed by atoms with Gasteiger partial charge in [-0.25, -0.2) is 4.79 Å². The fourth-order valence-corrected chi connectivity index (χ4v) is 3.79. The fraction of sp³-hybridized carbons (Fsp3) is 0.231. The number of nitrogens with one attached hydrogen (secondary N) is 1. The number of carboxylic acids is 1. The highest BCUT2D eigenvalue weighted by Gasteiger charge is 2.20. The number of nitrogens with zero attached hydrogens (tertiary/aromatic N) is 3. The molecule has 1 heterocycles. The minimum atomic E-state index is -0.926. The van der Waals surface area contributed by atoms with Crippen LogP contribution in [0.5, 0.6) is 0 Å². The molecule has 0 aromatic heterocycles. The first-order valence-electron chi connectivity index (χ1n) is 10.9. The Morgan fingerprint density at radius 3 is 2.09 bits per heavy atom. The minimum Gasteiger partial charge on any atom is -0.478 e. The van der Waals surface area contributed by atoms with Crippen molar-refractivity contribution in [2.75, 3.05) is 42.9 Å². The van der Waals surface area contributed by atoms with E-state index in [0.29, 0.717) is 6.54 Å². The third-order valence-corrected chi connectivity index (χ3v) is 5.59. The number of piperazine rings is 1. The van der Waals surface area contributed by atoms with Crippen LogP contribution in [0.4, 0.5) is 11.4 Å². The number of carbonyl (C=O) groups is 1. The SMILES string of the molecule is O=C(O)c1ccc(NC(=NCCc2ccccc2)N2CCN(c3ccccc3)CC2)cc1. The molecule has 0 amide bonds. The van der Waals surface area contributed by atoms with Crippen molar-refractivity contribution in [2.24, 2.45) is 4.99 Å². The summed E-state index contributed by atoms with van der Waals surface area (Å²) in [7, 11) is 0. The van der Waals surface area contributed by atoms with Gasteiger partial charge in [0.15, 0.2) is 5.96 Å². The third-order valence-electron chi connectivity index (χ3n) is 5.59. The molecule has 3 aromatic carbocycles. The minimum absolute atomic E-state index is 0.273. The average molecular weight is 429 g/mol. The molecule has 0 atom stereocenters. The lowest BCUT2D eigenvalue weighted by Gasteiger charge is -2.37.